The van der Waals surface area contributed by atoms with Gasteiger partial charge in [0.15, 0.2) is 17.5 Å². The lowest BCUT2D eigenvalue weighted by Crippen LogP contribution is -2.10. The molecule has 0 aliphatic heterocycles. The first kappa shape index (κ1) is 17.4. The average Bonchev–Trinajstić information content (AvgIpc) is 3.07. The van der Waals surface area contributed by atoms with E-state index in [0.29, 0.717) is 22.1 Å². The van der Waals surface area contributed by atoms with Crippen LogP contribution in [0.3, 0.4) is 0 Å². The van der Waals surface area contributed by atoms with Crippen LogP contribution in [0.15, 0.2) is 48.9 Å². The number of H-pyrrole nitrogens is 1. The number of anilines is 1. The van der Waals surface area contributed by atoms with Crippen molar-refractivity contribution in [2.45, 2.75) is 13.0 Å². The molecule has 2 N–H and O–H groups in total. The van der Waals surface area contributed by atoms with Gasteiger partial charge in [0, 0.05) is 23.3 Å². The Morgan fingerprint density at radius 3 is 2.67 bits per heavy atom. The molecule has 3 heterocycles. The Labute approximate surface area is 158 Å². The molecule has 0 spiro atoms. The van der Waals surface area contributed by atoms with Gasteiger partial charge < -0.3 is 10.3 Å². The maximum atomic E-state index is 14.2. The van der Waals surface area contributed by atoms with E-state index in [1.54, 1.807) is 24.4 Å². The highest BCUT2D eigenvalue weighted by Gasteiger charge is 2.15. The predicted octanol–water partition coefficient (Wildman–Crippen LogP) is 5.12. The Hall–Kier alpha value is -3.06. The second kappa shape index (κ2) is 6.92. The van der Waals surface area contributed by atoms with Gasteiger partial charge in [-0.05, 0) is 30.7 Å². The molecule has 4 aromatic rings. The molecule has 0 radical (unpaired) electrons. The molecule has 0 unspecified atom stereocenters. The first-order valence-corrected chi connectivity index (χ1v) is 8.56. The summed E-state index contributed by atoms with van der Waals surface area (Å²) in [7, 11) is 0. The van der Waals surface area contributed by atoms with Crippen LogP contribution in [-0.4, -0.2) is 19.9 Å². The molecule has 3 aromatic heterocycles. The average molecular weight is 386 g/mol. The maximum absolute atomic E-state index is 14.2. The molecule has 0 aliphatic rings. The number of fused-ring (bicyclic) bond motifs is 1. The van der Waals surface area contributed by atoms with Crippen molar-refractivity contribution in [3.8, 4) is 11.4 Å². The van der Waals surface area contributed by atoms with Gasteiger partial charge >= 0.3 is 0 Å². The smallest absolute Gasteiger partial charge is 0.183 e. The van der Waals surface area contributed by atoms with E-state index in [2.05, 4.69) is 25.3 Å². The number of aromatic amines is 1. The number of nitrogens with one attached hydrogen (secondary N) is 2. The van der Waals surface area contributed by atoms with Gasteiger partial charge in [-0.3, -0.25) is 0 Å². The number of pyridine rings is 1. The van der Waals surface area contributed by atoms with Gasteiger partial charge in [0.25, 0.3) is 0 Å². The summed E-state index contributed by atoms with van der Waals surface area (Å²) in [5.41, 5.74) is 2.10. The first-order valence-electron chi connectivity index (χ1n) is 8.19. The molecule has 0 amide bonds. The molecule has 27 heavy (non-hydrogen) atoms. The lowest BCUT2D eigenvalue weighted by molar-refractivity contribution is 0.613. The Morgan fingerprint density at radius 2 is 1.89 bits per heavy atom. The normalized spacial score (nSPS) is 12.3. The summed E-state index contributed by atoms with van der Waals surface area (Å²) < 4.78 is 27.3. The Morgan fingerprint density at radius 1 is 1.11 bits per heavy atom. The topological polar surface area (TPSA) is 66.5 Å². The number of halogens is 3. The van der Waals surface area contributed by atoms with Crippen LogP contribution in [0.25, 0.3) is 22.4 Å². The zero-order chi connectivity index (χ0) is 19.0. The third-order valence-electron chi connectivity index (χ3n) is 4.21. The van der Waals surface area contributed by atoms with Gasteiger partial charge in [-0.25, -0.2) is 23.7 Å². The molecular weight excluding hydrogens is 372 g/mol. The van der Waals surface area contributed by atoms with Crippen molar-refractivity contribution in [2.75, 3.05) is 5.32 Å². The van der Waals surface area contributed by atoms with Crippen molar-refractivity contribution >= 4 is 28.5 Å². The standard InChI is InChI=1S/C19H14ClF2N5/c1-10(11-2-4-13(21)5-3-11)26-19-16(22)9-25-18(27-19)15-8-24-17-14(15)6-12(20)7-23-17/h2-10H,1H3,(H,23,24)(H,25,26,27)/t10-/m0/s1. The summed E-state index contributed by atoms with van der Waals surface area (Å²) in [4.78, 5) is 15.6. The van der Waals surface area contributed by atoms with Crippen LogP contribution in [0.2, 0.25) is 5.02 Å². The van der Waals surface area contributed by atoms with Crippen LogP contribution in [-0.2, 0) is 0 Å². The molecule has 0 fully saturated rings. The van der Waals surface area contributed by atoms with Gasteiger partial charge in [-0.15, -0.1) is 0 Å². The highest BCUT2D eigenvalue weighted by Crippen LogP contribution is 2.29. The number of hydrogen-bond donors (Lipinski definition) is 2. The van der Waals surface area contributed by atoms with Crippen molar-refractivity contribution in [3.63, 3.8) is 0 Å². The van der Waals surface area contributed by atoms with Gasteiger partial charge in [-0.1, -0.05) is 23.7 Å². The van der Waals surface area contributed by atoms with Crippen LogP contribution in [0, 0.1) is 11.6 Å². The first-order chi connectivity index (χ1) is 13.0. The Balaban J connectivity index is 1.68. The summed E-state index contributed by atoms with van der Waals surface area (Å²) >= 11 is 6.02. The van der Waals surface area contributed by atoms with Crippen molar-refractivity contribution in [1.29, 1.82) is 0 Å². The van der Waals surface area contributed by atoms with Gasteiger partial charge in [-0.2, -0.15) is 0 Å². The molecule has 0 saturated heterocycles. The molecule has 8 heteroatoms. The summed E-state index contributed by atoms with van der Waals surface area (Å²) in [5.74, 6) is -0.515. The highest BCUT2D eigenvalue weighted by molar-refractivity contribution is 6.31. The summed E-state index contributed by atoms with van der Waals surface area (Å²) in [6.45, 7) is 1.84. The summed E-state index contributed by atoms with van der Waals surface area (Å²) in [6.07, 6.45) is 4.35. The number of hydrogen-bond acceptors (Lipinski definition) is 4. The minimum Gasteiger partial charge on any atom is -0.361 e. The van der Waals surface area contributed by atoms with E-state index in [9.17, 15) is 8.78 Å². The van der Waals surface area contributed by atoms with E-state index in [1.807, 2.05) is 6.92 Å². The zero-order valence-electron chi connectivity index (χ0n) is 14.2. The molecule has 1 aromatic carbocycles. The molecule has 0 bridgehead atoms. The lowest BCUT2D eigenvalue weighted by Gasteiger charge is -2.15. The maximum Gasteiger partial charge on any atom is 0.183 e. The predicted molar refractivity (Wildman–Crippen MR) is 101 cm³/mol. The van der Waals surface area contributed by atoms with E-state index in [4.69, 9.17) is 11.6 Å². The number of aromatic nitrogens is 4. The number of nitrogens with zero attached hydrogens (tertiary/aromatic N) is 3. The lowest BCUT2D eigenvalue weighted by atomic mass is 10.1. The van der Waals surface area contributed by atoms with Crippen LogP contribution in [0.4, 0.5) is 14.6 Å². The van der Waals surface area contributed by atoms with Crippen molar-refractivity contribution in [2.24, 2.45) is 0 Å². The van der Waals surface area contributed by atoms with E-state index in [0.717, 1.165) is 17.1 Å². The Kier molecular flexibility index (Phi) is 4.45. The fourth-order valence-corrected chi connectivity index (χ4v) is 2.96. The second-order valence-electron chi connectivity index (χ2n) is 6.06. The SMILES string of the molecule is C[C@H](Nc1nc(-c2c[nH]c3ncc(Cl)cc23)ncc1F)c1ccc(F)cc1. The van der Waals surface area contributed by atoms with Gasteiger partial charge in [0.2, 0.25) is 0 Å². The minimum atomic E-state index is -0.580. The third kappa shape index (κ3) is 3.46. The van der Waals surface area contributed by atoms with Crippen LogP contribution in [0.1, 0.15) is 18.5 Å². The summed E-state index contributed by atoms with van der Waals surface area (Å²) in [6, 6.07) is 7.47. The van der Waals surface area contributed by atoms with Crippen LogP contribution >= 0.6 is 11.6 Å². The van der Waals surface area contributed by atoms with Gasteiger partial charge in [0.1, 0.15) is 11.5 Å². The second-order valence-corrected chi connectivity index (χ2v) is 6.50. The molecule has 4 rings (SSSR count). The molecular formula is C19H14ClF2N5. The van der Waals surface area contributed by atoms with Crippen molar-refractivity contribution in [1.82, 2.24) is 19.9 Å². The molecule has 0 aliphatic carbocycles. The molecule has 0 saturated carbocycles. The van der Waals surface area contributed by atoms with Crippen molar-refractivity contribution in [3.05, 3.63) is 71.1 Å². The number of rotatable bonds is 4. The monoisotopic (exact) mass is 385 g/mol. The number of benzene rings is 1. The minimum absolute atomic E-state index is 0.0566. The fraction of sp³-hybridized carbons (Fsp3) is 0.105. The zero-order valence-corrected chi connectivity index (χ0v) is 14.9. The molecule has 1 atom stereocenters. The highest BCUT2D eigenvalue weighted by atomic mass is 35.5. The quantitative estimate of drug-likeness (QED) is 0.511. The molecule has 5 nitrogen and oxygen atoms in total. The Bertz CT molecular complexity index is 1110. The third-order valence-corrected chi connectivity index (χ3v) is 4.41. The van der Waals surface area contributed by atoms with Crippen LogP contribution in [0.5, 0.6) is 0 Å². The van der Waals surface area contributed by atoms with E-state index >= 15 is 0 Å². The van der Waals surface area contributed by atoms with Crippen molar-refractivity contribution < 1.29 is 8.78 Å². The van der Waals surface area contributed by atoms with Gasteiger partial charge in [0.05, 0.1) is 17.3 Å². The van der Waals surface area contributed by atoms with Crippen LogP contribution < -0.4 is 5.32 Å². The van der Waals surface area contributed by atoms with E-state index in [1.165, 1.54) is 18.3 Å². The largest absolute Gasteiger partial charge is 0.361 e. The van der Waals surface area contributed by atoms with E-state index in [-0.39, 0.29) is 17.7 Å². The fourth-order valence-electron chi connectivity index (χ4n) is 2.80. The van der Waals surface area contributed by atoms with E-state index < -0.39 is 5.82 Å². The molecule has 136 valence electrons. The summed E-state index contributed by atoms with van der Waals surface area (Å²) in [5, 5.41) is 4.23.